The van der Waals surface area contributed by atoms with Crippen LogP contribution in [0.15, 0.2) is 29.4 Å². The van der Waals surface area contributed by atoms with Crippen LogP contribution >= 0.6 is 0 Å². The van der Waals surface area contributed by atoms with Crippen molar-refractivity contribution in [3.63, 3.8) is 0 Å². The van der Waals surface area contributed by atoms with E-state index >= 15 is 0 Å². The predicted octanol–water partition coefficient (Wildman–Crippen LogP) is 0.726. The maximum atomic E-state index is 12.6. The quantitative estimate of drug-likeness (QED) is 0.488. The molecule has 0 aromatic carbocycles. The Labute approximate surface area is 161 Å². The van der Waals surface area contributed by atoms with Crippen LogP contribution in [0.5, 0.6) is 0 Å². The molecule has 3 rings (SSSR count). The van der Waals surface area contributed by atoms with Crippen LogP contribution in [0.25, 0.3) is 0 Å². The summed E-state index contributed by atoms with van der Waals surface area (Å²) in [5.74, 6) is 0.740. The Hall–Kier alpha value is -2.29. The Kier molecular flexibility index (Phi) is 6.54. The van der Waals surface area contributed by atoms with Gasteiger partial charge in [0.1, 0.15) is 10.7 Å². The highest BCUT2D eigenvalue weighted by atomic mass is 32.2. The first kappa shape index (κ1) is 19.5. The topological polar surface area (TPSA) is 125 Å². The molecule has 1 amide bonds. The predicted molar refractivity (Wildman–Crippen MR) is 106 cm³/mol. The lowest BCUT2D eigenvalue weighted by atomic mass is 9.90. The molecule has 0 radical (unpaired) electrons. The molecule has 2 aliphatic rings. The summed E-state index contributed by atoms with van der Waals surface area (Å²) in [4.78, 5) is 22.9. The number of hydrogen-bond acceptors (Lipinski definition) is 5. The van der Waals surface area contributed by atoms with E-state index in [1.165, 1.54) is 0 Å². The van der Waals surface area contributed by atoms with Gasteiger partial charge in [0.25, 0.3) is 5.91 Å². The molecular formula is C18H26N6O2S. The molecule has 0 bridgehead atoms. The van der Waals surface area contributed by atoms with E-state index in [2.05, 4.69) is 15.3 Å². The van der Waals surface area contributed by atoms with Crippen LogP contribution in [0.1, 0.15) is 36.2 Å². The van der Waals surface area contributed by atoms with Crippen molar-refractivity contribution < 1.29 is 9.00 Å². The van der Waals surface area contributed by atoms with E-state index in [1.807, 2.05) is 4.90 Å². The van der Waals surface area contributed by atoms with Crippen molar-refractivity contribution in [3.8, 4) is 0 Å². The third-order valence-corrected chi connectivity index (χ3v) is 6.33. The smallest absolute Gasteiger partial charge is 0.270 e. The molecule has 3 heterocycles. The molecule has 1 saturated heterocycles. The normalized spacial score (nSPS) is 23.6. The molecule has 146 valence electrons. The van der Waals surface area contributed by atoms with Crippen molar-refractivity contribution in [1.82, 2.24) is 15.2 Å². The van der Waals surface area contributed by atoms with E-state index < -0.39 is 10.8 Å². The van der Waals surface area contributed by atoms with Crippen LogP contribution in [0, 0.1) is 11.3 Å². The van der Waals surface area contributed by atoms with Crippen LogP contribution in [-0.4, -0.2) is 62.4 Å². The fraction of sp³-hybridized carbons (Fsp3) is 0.556. The molecule has 3 atom stereocenters. The number of amides is 1. The molecule has 1 fully saturated rings. The minimum absolute atomic E-state index is 0.0926. The zero-order valence-electron chi connectivity index (χ0n) is 15.3. The maximum absolute atomic E-state index is 12.6. The second-order valence-corrected chi connectivity index (χ2v) is 8.56. The number of aliphatic imine (C=N–C) groups is 1. The zero-order valence-corrected chi connectivity index (χ0v) is 16.1. The molecule has 0 saturated carbocycles. The van der Waals surface area contributed by atoms with Gasteiger partial charge in [-0.2, -0.15) is 0 Å². The lowest BCUT2D eigenvalue weighted by Gasteiger charge is -2.34. The van der Waals surface area contributed by atoms with Gasteiger partial charge in [0.05, 0.1) is 17.3 Å². The summed E-state index contributed by atoms with van der Waals surface area (Å²) < 4.78 is 12.1. The number of aromatic nitrogens is 1. The summed E-state index contributed by atoms with van der Waals surface area (Å²) in [5, 5.41) is 11.4. The molecule has 1 aromatic heterocycles. The van der Waals surface area contributed by atoms with Gasteiger partial charge < -0.3 is 16.0 Å². The lowest BCUT2D eigenvalue weighted by molar-refractivity contribution is 0.0923. The van der Waals surface area contributed by atoms with Crippen LogP contribution < -0.4 is 11.1 Å². The van der Waals surface area contributed by atoms with Crippen LogP contribution in [0.2, 0.25) is 0 Å². The van der Waals surface area contributed by atoms with Crippen molar-refractivity contribution in [2.24, 2.45) is 16.6 Å². The number of piperidine rings is 1. The number of carbonyl (C=O) groups excluding carboxylic acids is 1. The fourth-order valence-electron chi connectivity index (χ4n) is 3.64. The van der Waals surface area contributed by atoms with E-state index in [1.54, 1.807) is 24.4 Å². The summed E-state index contributed by atoms with van der Waals surface area (Å²) in [6.07, 6.45) is 4.81. The summed E-state index contributed by atoms with van der Waals surface area (Å²) in [6, 6.07) is 5.05. The van der Waals surface area contributed by atoms with Gasteiger partial charge in [-0.25, -0.2) is 0 Å². The van der Waals surface area contributed by atoms with Gasteiger partial charge in [-0.1, -0.05) is 6.07 Å². The second kappa shape index (κ2) is 9.07. The van der Waals surface area contributed by atoms with E-state index in [0.717, 1.165) is 25.8 Å². The number of nitrogens with two attached hydrogens (primary N) is 1. The second-order valence-electron chi connectivity index (χ2n) is 6.99. The van der Waals surface area contributed by atoms with Crippen molar-refractivity contribution >= 4 is 27.7 Å². The molecule has 4 N–H and O–H groups in total. The summed E-state index contributed by atoms with van der Waals surface area (Å²) in [7, 11) is -1.04. The third kappa shape index (κ3) is 5.35. The van der Waals surface area contributed by atoms with Gasteiger partial charge in [0.2, 0.25) is 0 Å². The largest absolute Gasteiger partial charge is 0.370 e. The number of carbonyl (C=O) groups is 1. The molecule has 8 nitrogen and oxygen atoms in total. The molecule has 0 aliphatic carbocycles. The summed E-state index contributed by atoms with van der Waals surface area (Å²) >= 11 is 0. The fourth-order valence-corrected chi connectivity index (χ4v) is 4.75. The first-order chi connectivity index (χ1) is 13.0. The number of nitrogens with one attached hydrogen (secondary N) is 2. The van der Waals surface area contributed by atoms with Crippen molar-refractivity contribution in [3.05, 3.63) is 30.1 Å². The average Bonchev–Trinajstić information content (AvgIpc) is 3.07. The lowest BCUT2D eigenvalue weighted by Crippen LogP contribution is -2.46. The molecule has 0 spiro atoms. The van der Waals surface area contributed by atoms with Gasteiger partial charge in [0.15, 0.2) is 5.96 Å². The van der Waals surface area contributed by atoms with Gasteiger partial charge in [0, 0.05) is 37.5 Å². The first-order valence-corrected chi connectivity index (χ1v) is 10.6. The number of hydrogen-bond donors (Lipinski definition) is 3. The Morgan fingerprint density at radius 1 is 1.48 bits per heavy atom. The Balaban J connectivity index is 1.68. The number of rotatable bonds is 6. The number of likely N-dealkylation sites (tertiary alicyclic amines) is 1. The standard InChI is InChI=1S/C18H26N6O2S/c19-18(20)24-8-3-4-13(12-24)10-14(11-16-22-7-9-27(16)26)23-17(25)15-5-1-2-6-21-15/h1-2,5-6,13-14H,3-4,7-12H2,(H3,19,20)(H,23,25). The highest BCUT2D eigenvalue weighted by Crippen LogP contribution is 2.23. The highest BCUT2D eigenvalue weighted by Gasteiger charge is 2.28. The SMILES string of the molecule is N=C(N)N1CCCC(CC(CC2=NCCS2=O)NC(=O)c2ccccn2)C1. The number of nitrogens with zero attached hydrogens (tertiary/aromatic N) is 3. The van der Waals surface area contributed by atoms with Crippen molar-refractivity contribution in [2.75, 3.05) is 25.4 Å². The minimum atomic E-state index is -1.04. The molecular weight excluding hydrogens is 364 g/mol. The Morgan fingerprint density at radius 2 is 2.33 bits per heavy atom. The van der Waals surface area contributed by atoms with Gasteiger partial charge >= 0.3 is 0 Å². The molecule has 1 aromatic rings. The van der Waals surface area contributed by atoms with E-state index in [4.69, 9.17) is 11.1 Å². The van der Waals surface area contributed by atoms with Crippen LogP contribution in [-0.2, 0) is 10.8 Å². The maximum Gasteiger partial charge on any atom is 0.270 e. The van der Waals surface area contributed by atoms with Crippen LogP contribution in [0.4, 0.5) is 0 Å². The molecule has 27 heavy (non-hydrogen) atoms. The molecule has 9 heteroatoms. The highest BCUT2D eigenvalue weighted by molar-refractivity contribution is 8.00. The summed E-state index contributed by atoms with van der Waals surface area (Å²) in [5.41, 5.74) is 6.01. The van der Waals surface area contributed by atoms with Crippen LogP contribution in [0.3, 0.4) is 0 Å². The van der Waals surface area contributed by atoms with Crippen molar-refractivity contribution in [1.29, 1.82) is 5.41 Å². The van der Waals surface area contributed by atoms with Gasteiger partial charge in [-0.05, 0) is 37.3 Å². The monoisotopic (exact) mass is 390 g/mol. The summed E-state index contributed by atoms with van der Waals surface area (Å²) in [6.45, 7) is 2.10. The third-order valence-electron chi connectivity index (χ3n) is 4.96. The van der Waals surface area contributed by atoms with Crippen molar-refractivity contribution in [2.45, 2.75) is 31.7 Å². The van der Waals surface area contributed by atoms with E-state index in [0.29, 0.717) is 41.9 Å². The van der Waals surface area contributed by atoms with E-state index in [9.17, 15) is 9.00 Å². The zero-order chi connectivity index (χ0) is 19.2. The molecule has 3 unspecified atom stereocenters. The first-order valence-electron chi connectivity index (χ1n) is 9.25. The minimum Gasteiger partial charge on any atom is -0.370 e. The number of guanidine groups is 1. The number of pyridine rings is 1. The molecule has 2 aliphatic heterocycles. The van der Waals surface area contributed by atoms with Gasteiger partial charge in [-0.15, -0.1) is 0 Å². The average molecular weight is 391 g/mol. The Bertz CT molecular complexity index is 739. The Morgan fingerprint density at radius 3 is 3.00 bits per heavy atom. The van der Waals surface area contributed by atoms with E-state index in [-0.39, 0.29) is 17.9 Å². The van der Waals surface area contributed by atoms with Gasteiger partial charge in [-0.3, -0.25) is 24.4 Å².